The first-order valence-electron chi connectivity index (χ1n) is 6.77. The standard InChI is InChI=1S/C15H17NO3S/c1-9-5-11(19-14(9)15(17)18)7-16-8-12-6-10-3-2-4-13(10)20-12/h5-6,16H,2-4,7-8H2,1H3,(H,17,18). The third-order valence-corrected chi connectivity index (χ3v) is 4.80. The molecule has 2 N–H and O–H groups in total. The Kier molecular flexibility index (Phi) is 3.63. The molecule has 0 fully saturated rings. The van der Waals surface area contributed by atoms with E-state index in [1.54, 1.807) is 13.0 Å². The number of carboxylic acid groups (broad SMARTS) is 1. The number of hydrogen-bond donors (Lipinski definition) is 2. The van der Waals surface area contributed by atoms with Gasteiger partial charge in [0.05, 0.1) is 6.54 Å². The van der Waals surface area contributed by atoms with E-state index < -0.39 is 5.97 Å². The van der Waals surface area contributed by atoms with E-state index in [4.69, 9.17) is 9.52 Å². The highest BCUT2D eigenvalue weighted by molar-refractivity contribution is 7.12. The maximum Gasteiger partial charge on any atom is 0.372 e. The first-order valence-corrected chi connectivity index (χ1v) is 7.59. The molecule has 2 aromatic rings. The number of carbonyl (C=O) groups is 1. The molecule has 106 valence electrons. The fourth-order valence-corrected chi connectivity index (χ4v) is 3.86. The van der Waals surface area contributed by atoms with Crippen molar-refractivity contribution < 1.29 is 14.3 Å². The lowest BCUT2D eigenvalue weighted by Crippen LogP contribution is -2.11. The fraction of sp³-hybridized carbons (Fsp3) is 0.400. The van der Waals surface area contributed by atoms with E-state index in [-0.39, 0.29) is 5.76 Å². The van der Waals surface area contributed by atoms with Gasteiger partial charge in [-0.15, -0.1) is 11.3 Å². The molecule has 0 atom stereocenters. The number of aromatic carboxylic acids is 1. The van der Waals surface area contributed by atoms with Gasteiger partial charge in [-0.25, -0.2) is 4.79 Å². The van der Waals surface area contributed by atoms with Gasteiger partial charge in [0, 0.05) is 21.9 Å². The normalized spacial score (nSPS) is 13.7. The number of nitrogens with one attached hydrogen (secondary N) is 1. The summed E-state index contributed by atoms with van der Waals surface area (Å²) >= 11 is 1.88. The summed E-state index contributed by atoms with van der Waals surface area (Å²) in [5.74, 6) is -0.302. The zero-order valence-corrected chi connectivity index (χ0v) is 12.2. The van der Waals surface area contributed by atoms with Crippen molar-refractivity contribution in [2.45, 2.75) is 39.3 Å². The molecule has 2 heterocycles. The Morgan fingerprint density at radius 3 is 2.95 bits per heavy atom. The van der Waals surface area contributed by atoms with Gasteiger partial charge in [0.25, 0.3) is 0 Å². The van der Waals surface area contributed by atoms with Gasteiger partial charge in [-0.2, -0.15) is 0 Å². The lowest BCUT2D eigenvalue weighted by Gasteiger charge is -2.00. The Morgan fingerprint density at radius 2 is 2.25 bits per heavy atom. The lowest BCUT2D eigenvalue weighted by molar-refractivity contribution is 0.0659. The molecular formula is C15H17NO3S. The molecule has 0 bridgehead atoms. The van der Waals surface area contributed by atoms with Crippen LogP contribution in [0.1, 0.15) is 43.6 Å². The predicted molar refractivity (Wildman–Crippen MR) is 77.3 cm³/mol. The molecule has 5 heteroatoms. The highest BCUT2D eigenvalue weighted by atomic mass is 32.1. The summed E-state index contributed by atoms with van der Waals surface area (Å²) in [6.07, 6.45) is 3.73. The minimum Gasteiger partial charge on any atom is -0.475 e. The highest BCUT2D eigenvalue weighted by Crippen LogP contribution is 2.30. The summed E-state index contributed by atoms with van der Waals surface area (Å²) in [7, 11) is 0. The molecule has 1 aliphatic rings. The van der Waals surface area contributed by atoms with Crippen LogP contribution in [0.4, 0.5) is 0 Å². The molecule has 4 nitrogen and oxygen atoms in total. The van der Waals surface area contributed by atoms with Crippen LogP contribution in [0, 0.1) is 6.92 Å². The largest absolute Gasteiger partial charge is 0.475 e. The molecule has 1 aliphatic carbocycles. The monoisotopic (exact) mass is 291 g/mol. The van der Waals surface area contributed by atoms with Crippen LogP contribution in [0.2, 0.25) is 0 Å². The number of aryl methyl sites for hydroxylation is 3. The number of rotatable bonds is 5. The van der Waals surface area contributed by atoms with E-state index in [1.807, 2.05) is 11.3 Å². The number of fused-ring (bicyclic) bond motifs is 1. The Morgan fingerprint density at radius 1 is 1.40 bits per heavy atom. The fourth-order valence-electron chi connectivity index (χ4n) is 2.63. The first kappa shape index (κ1) is 13.4. The second kappa shape index (κ2) is 5.42. The maximum atomic E-state index is 10.9. The summed E-state index contributed by atoms with van der Waals surface area (Å²) in [5.41, 5.74) is 2.18. The molecule has 0 amide bonds. The molecule has 0 saturated carbocycles. The topological polar surface area (TPSA) is 62.5 Å². The van der Waals surface area contributed by atoms with Gasteiger partial charge in [-0.05, 0) is 43.9 Å². The first-order chi connectivity index (χ1) is 9.63. The van der Waals surface area contributed by atoms with Crippen molar-refractivity contribution in [1.29, 1.82) is 0 Å². The Balaban J connectivity index is 1.57. The van der Waals surface area contributed by atoms with Crippen molar-refractivity contribution in [2.24, 2.45) is 0 Å². The summed E-state index contributed by atoms with van der Waals surface area (Å²) in [6, 6.07) is 4.07. The third kappa shape index (κ3) is 2.64. The van der Waals surface area contributed by atoms with Crippen LogP contribution in [0.5, 0.6) is 0 Å². The Bertz CT molecular complexity index is 620. The second-order valence-corrected chi connectivity index (χ2v) is 6.37. The summed E-state index contributed by atoms with van der Waals surface area (Å²) in [5, 5.41) is 12.2. The van der Waals surface area contributed by atoms with Crippen molar-refractivity contribution in [3.63, 3.8) is 0 Å². The smallest absolute Gasteiger partial charge is 0.372 e. The van der Waals surface area contributed by atoms with Crippen LogP contribution in [-0.2, 0) is 25.9 Å². The van der Waals surface area contributed by atoms with E-state index in [0.717, 1.165) is 6.54 Å². The van der Waals surface area contributed by atoms with Crippen molar-refractivity contribution in [3.05, 3.63) is 44.5 Å². The molecule has 0 aliphatic heterocycles. The minimum atomic E-state index is -1.01. The molecule has 0 radical (unpaired) electrons. The average molecular weight is 291 g/mol. The maximum absolute atomic E-state index is 10.9. The van der Waals surface area contributed by atoms with Gasteiger partial charge >= 0.3 is 5.97 Å². The molecule has 0 saturated heterocycles. The number of carboxylic acids is 1. The lowest BCUT2D eigenvalue weighted by atomic mass is 10.2. The number of thiophene rings is 1. The van der Waals surface area contributed by atoms with Crippen LogP contribution in [-0.4, -0.2) is 11.1 Å². The van der Waals surface area contributed by atoms with Crippen LogP contribution < -0.4 is 5.32 Å². The molecule has 0 aromatic carbocycles. The van der Waals surface area contributed by atoms with E-state index in [1.165, 1.54) is 34.6 Å². The molecule has 3 rings (SSSR count). The molecular weight excluding hydrogens is 274 g/mol. The highest BCUT2D eigenvalue weighted by Gasteiger charge is 2.16. The Hall–Kier alpha value is -1.59. The molecule has 0 spiro atoms. The predicted octanol–water partition coefficient (Wildman–Crippen LogP) is 3.13. The summed E-state index contributed by atoms with van der Waals surface area (Å²) in [6.45, 7) is 3.11. The summed E-state index contributed by atoms with van der Waals surface area (Å²) in [4.78, 5) is 13.8. The van der Waals surface area contributed by atoms with Crippen LogP contribution in [0.25, 0.3) is 0 Å². The summed E-state index contributed by atoms with van der Waals surface area (Å²) < 4.78 is 5.32. The van der Waals surface area contributed by atoms with E-state index in [2.05, 4.69) is 11.4 Å². The van der Waals surface area contributed by atoms with Crippen molar-refractivity contribution in [2.75, 3.05) is 0 Å². The molecule has 0 unspecified atom stereocenters. The van der Waals surface area contributed by atoms with Crippen LogP contribution in [0.3, 0.4) is 0 Å². The second-order valence-electron chi connectivity index (χ2n) is 5.15. The van der Waals surface area contributed by atoms with Gasteiger partial charge in [-0.3, -0.25) is 0 Å². The van der Waals surface area contributed by atoms with Crippen molar-refractivity contribution in [1.82, 2.24) is 5.32 Å². The van der Waals surface area contributed by atoms with Crippen LogP contribution >= 0.6 is 11.3 Å². The van der Waals surface area contributed by atoms with Crippen LogP contribution in [0.15, 0.2) is 16.5 Å². The zero-order valence-electron chi connectivity index (χ0n) is 11.4. The van der Waals surface area contributed by atoms with E-state index in [0.29, 0.717) is 17.9 Å². The average Bonchev–Trinajstić information content (AvgIpc) is 3.03. The van der Waals surface area contributed by atoms with Crippen molar-refractivity contribution >= 4 is 17.3 Å². The third-order valence-electron chi connectivity index (χ3n) is 3.56. The van der Waals surface area contributed by atoms with Crippen molar-refractivity contribution in [3.8, 4) is 0 Å². The van der Waals surface area contributed by atoms with Gasteiger partial charge in [0.15, 0.2) is 0 Å². The molecule has 2 aromatic heterocycles. The van der Waals surface area contributed by atoms with Gasteiger partial charge in [-0.1, -0.05) is 0 Å². The zero-order chi connectivity index (χ0) is 14.1. The number of furan rings is 1. The quantitative estimate of drug-likeness (QED) is 0.888. The van der Waals surface area contributed by atoms with Gasteiger partial charge in [0.2, 0.25) is 5.76 Å². The Labute approximate surface area is 121 Å². The number of hydrogen-bond acceptors (Lipinski definition) is 4. The minimum absolute atomic E-state index is 0.0388. The van der Waals surface area contributed by atoms with Gasteiger partial charge < -0.3 is 14.8 Å². The van der Waals surface area contributed by atoms with Gasteiger partial charge in [0.1, 0.15) is 5.76 Å². The SMILES string of the molecule is Cc1cc(CNCc2cc3c(s2)CCC3)oc1C(=O)O. The van der Waals surface area contributed by atoms with E-state index >= 15 is 0 Å². The van der Waals surface area contributed by atoms with E-state index in [9.17, 15) is 4.79 Å². The molecule has 20 heavy (non-hydrogen) atoms.